The van der Waals surface area contributed by atoms with Gasteiger partial charge in [0.2, 0.25) is 5.52 Å². The second kappa shape index (κ2) is 9.95. The van der Waals surface area contributed by atoms with Gasteiger partial charge in [-0.25, -0.2) is 0 Å². The predicted molar refractivity (Wildman–Crippen MR) is 112 cm³/mol. The summed E-state index contributed by atoms with van der Waals surface area (Å²) in [6.45, 7) is 1.10. The smallest absolute Gasteiger partial charge is 0.238 e. The van der Waals surface area contributed by atoms with Crippen molar-refractivity contribution in [3.05, 3.63) is 36.5 Å². The van der Waals surface area contributed by atoms with Gasteiger partial charge in [-0.15, -0.1) is 0 Å². The first-order chi connectivity index (χ1) is 13.3. The Morgan fingerprint density at radius 3 is 2.64 bits per heavy atom. The van der Waals surface area contributed by atoms with Crippen LogP contribution in [0.15, 0.2) is 36.5 Å². The van der Waals surface area contributed by atoms with Crippen LogP contribution in [0.4, 0.5) is 0 Å². The lowest BCUT2D eigenvalue weighted by atomic mass is 9.85. The van der Waals surface area contributed by atoms with Crippen LogP contribution in [0, 0.1) is 5.92 Å². The van der Waals surface area contributed by atoms with E-state index in [0.717, 1.165) is 18.2 Å². The highest BCUT2D eigenvalue weighted by Gasteiger charge is 2.18. The molecule has 4 heteroatoms. The molecule has 1 saturated carbocycles. The van der Waals surface area contributed by atoms with E-state index in [4.69, 9.17) is 4.74 Å². The standard InChI is InChI=1S/C24H33N2O.HI/c1-25-16-9-13-23-24(25)21-18-20(27-2)14-15-22(21)26(23)17-8-4-7-12-19-10-5-3-6-11-19;/h9,13-16,18-19H,3-8,10-12,17H2,1-2H3;1H/q+1;/p-1. The molecule has 152 valence electrons. The van der Waals surface area contributed by atoms with Gasteiger partial charge in [0, 0.05) is 12.6 Å². The van der Waals surface area contributed by atoms with Gasteiger partial charge in [0.05, 0.1) is 18.0 Å². The van der Waals surface area contributed by atoms with E-state index in [-0.39, 0.29) is 24.0 Å². The maximum Gasteiger partial charge on any atom is 0.238 e. The minimum absolute atomic E-state index is 0. The van der Waals surface area contributed by atoms with Gasteiger partial charge in [-0.05, 0) is 36.6 Å². The third-order valence-electron chi connectivity index (χ3n) is 6.42. The molecule has 0 radical (unpaired) electrons. The molecule has 0 N–H and O–H groups in total. The van der Waals surface area contributed by atoms with Gasteiger partial charge in [0.15, 0.2) is 6.20 Å². The van der Waals surface area contributed by atoms with Gasteiger partial charge in [-0.1, -0.05) is 51.4 Å². The largest absolute Gasteiger partial charge is 1.00 e. The van der Waals surface area contributed by atoms with E-state index in [1.54, 1.807) is 7.11 Å². The summed E-state index contributed by atoms with van der Waals surface area (Å²) in [6, 6.07) is 10.9. The van der Waals surface area contributed by atoms with Crippen molar-refractivity contribution in [2.24, 2.45) is 13.0 Å². The number of aromatic nitrogens is 2. The van der Waals surface area contributed by atoms with Gasteiger partial charge < -0.3 is 33.3 Å². The Morgan fingerprint density at radius 2 is 1.86 bits per heavy atom. The third kappa shape index (κ3) is 4.47. The second-order valence-corrected chi connectivity index (χ2v) is 8.24. The van der Waals surface area contributed by atoms with Crippen molar-refractivity contribution in [1.82, 2.24) is 4.57 Å². The maximum atomic E-state index is 5.47. The summed E-state index contributed by atoms with van der Waals surface area (Å²) >= 11 is 0. The highest BCUT2D eigenvalue weighted by molar-refractivity contribution is 6.04. The number of pyridine rings is 1. The Morgan fingerprint density at radius 1 is 1.04 bits per heavy atom. The average Bonchev–Trinajstić information content (AvgIpc) is 3.02. The SMILES string of the molecule is COc1ccc2c(c1)c1c(ccc[n+]1C)n2CCCCCC1CCCCC1.[I-]. The van der Waals surface area contributed by atoms with Crippen molar-refractivity contribution < 1.29 is 33.3 Å². The van der Waals surface area contributed by atoms with Gasteiger partial charge in [0.25, 0.3) is 0 Å². The number of unbranched alkanes of at least 4 members (excludes halogenated alkanes) is 2. The molecular formula is C24H33IN2O. The lowest BCUT2D eigenvalue weighted by Crippen LogP contribution is -3.00. The molecule has 0 amide bonds. The van der Waals surface area contributed by atoms with Crippen molar-refractivity contribution in [3.8, 4) is 5.75 Å². The Kier molecular flexibility index (Phi) is 7.61. The number of rotatable bonds is 7. The number of ether oxygens (including phenoxy) is 1. The van der Waals surface area contributed by atoms with Crippen LogP contribution in [0.2, 0.25) is 0 Å². The first-order valence-electron chi connectivity index (χ1n) is 10.7. The molecule has 0 atom stereocenters. The summed E-state index contributed by atoms with van der Waals surface area (Å²) in [7, 11) is 3.88. The zero-order valence-electron chi connectivity index (χ0n) is 17.3. The van der Waals surface area contributed by atoms with E-state index in [1.807, 2.05) is 0 Å². The minimum Gasteiger partial charge on any atom is -1.00 e. The fraction of sp³-hybridized carbons (Fsp3) is 0.542. The van der Waals surface area contributed by atoms with E-state index in [0.29, 0.717) is 0 Å². The van der Waals surface area contributed by atoms with Gasteiger partial charge in [-0.3, -0.25) is 0 Å². The Hall–Kier alpha value is -1.30. The number of hydrogen-bond acceptors (Lipinski definition) is 1. The van der Waals surface area contributed by atoms with E-state index in [1.165, 1.54) is 79.7 Å². The van der Waals surface area contributed by atoms with Crippen LogP contribution in [0.25, 0.3) is 21.9 Å². The molecule has 3 aromatic rings. The third-order valence-corrected chi connectivity index (χ3v) is 6.42. The van der Waals surface area contributed by atoms with Gasteiger partial charge in [0.1, 0.15) is 18.3 Å². The summed E-state index contributed by atoms with van der Waals surface area (Å²) < 4.78 is 10.2. The molecule has 0 unspecified atom stereocenters. The summed E-state index contributed by atoms with van der Waals surface area (Å²) in [6.07, 6.45) is 14.9. The van der Waals surface area contributed by atoms with Crippen LogP contribution in [0.3, 0.4) is 0 Å². The molecule has 1 aliphatic rings. The van der Waals surface area contributed by atoms with Crippen molar-refractivity contribution >= 4 is 21.9 Å². The molecule has 2 heterocycles. The molecule has 0 bridgehead atoms. The van der Waals surface area contributed by atoms with Crippen LogP contribution in [-0.4, -0.2) is 11.7 Å². The van der Waals surface area contributed by atoms with Crippen LogP contribution in [0.5, 0.6) is 5.75 Å². The second-order valence-electron chi connectivity index (χ2n) is 8.24. The first-order valence-corrected chi connectivity index (χ1v) is 10.7. The molecule has 2 aromatic heterocycles. The molecule has 0 saturated heterocycles. The number of halogens is 1. The zero-order chi connectivity index (χ0) is 18.6. The molecular weight excluding hydrogens is 459 g/mol. The van der Waals surface area contributed by atoms with Crippen molar-refractivity contribution in [2.75, 3.05) is 7.11 Å². The average molecular weight is 492 g/mol. The molecule has 28 heavy (non-hydrogen) atoms. The van der Waals surface area contributed by atoms with Crippen LogP contribution in [0.1, 0.15) is 57.8 Å². The van der Waals surface area contributed by atoms with Crippen molar-refractivity contribution in [1.29, 1.82) is 0 Å². The summed E-state index contributed by atoms with van der Waals surface area (Å²) in [5, 5.41) is 1.29. The van der Waals surface area contributed by atoms with E-state index < -0.39 is 0 Å². The molecule has 1 aliphatic carbocycles. The van der Waals surface area contributed by atoms with Gasteiger partial charge >= 0.3 is 0 Å². The molecule has 3 nitrogen and oxygen atoms in total. The molecule has 1 aromatic carbocycles. The van der Waals surface area contributed by atoms with Gasteiger partial charge in [-0.2, -0.15) is 4.57 Å². The van der Waals surface area contributed by atoms with Crippen molar-refractivity contribution in [3.63, 3.8) is 0 Å². The predicted octanol–water partition coefficient (Wildman–Crippen LogP) is 2.77. The highest BCUT2D eigenvalue weighted by atomic mass is 127. The molecule has 4 rings (SSSR count). The number of fused-ring (bicyclic) bond motifs is 3. The van der Waals surface area contributed by atoms with E-state index in [9.17, 15) is 0 Å². The Labute approximate surface area is 186 Å². The lowest BCUT2D eigenvalue weighted by molar-refractivity contribution is -0.644. The Balaban J connectivity index is 0.00000225. The summed E-state index contributed by atoms with van der Waals surface area (Å²) in [5.74, 6) is 1.94. The molecule has 0 aliphatic heterocycles. The van der Waals surface area contributed by atoms with Crippen LogP contribution >= 0.6 is 0 Å². The first kappa shape index (κ1) is 21.4. The maximum absolute atomic E-state index is 5.47. The van der Waals surface area contributed by atoms with Crippen LogP contribution in [-0.2, 0) is 13.6 Å². The van der Waals surface area contributed by atoms with Crippen LogP contribution < -0.4 is 33.3 Å². The number of nitrogens with zero attached hydrogens (tertiary/aromatic N) is 2. The summed E-state index contributed by atoms with van der Waals surface area (Å²) in [5.41, 5.74) is 3.95. The number of methoxy groups -OCH3 is 1. The fourth-order valence-corrected chi connectivity index (χ4v) is 4.94. The highest BCUT2D eigenvalue weighted by Crippen LogP contribution is 2.31. The number of benzene rings is 1. The number of hydrogen-bond donors (Lipinski definition) is 0. The Bertz CT molecular complexity index is 912. The minimum atomic E-state index is 0. The topological polar surface area (TPSA) is 18.0 Å². The summed E-state index contributed by atoms with van der Waals surface area (Å²) in [4.78, 5) is 0. The lowest BCUT2D eigenvalue weighted by Gasteiger charge is -2.21. The monoisotopic (exact) mass is 492 g/mol. The normalized spacial score (nSPS) is 15.1. The zero-order valence-corrected chi connectivity index (χ0v) is 19.5. The molecule has 0 spiro atoms. The van der Waals surface area contributed by atoms with Crippen molar-refractivity contribution in [2.45, 2.75) is 64.3 Å². The fourth-order valence-electron chi connectivity index (χ4n) is 4.94. The van der Waals surface area contributed by atoms with E-state index in [2.05, 4.69) is 52.7 Å². The van der Waals surface area contributed by atoms with E-state index >= 15 is 0 Å². The molecule has 1 fully saturated rings. The number of aryl methyl sites for hydroxylation is 2. The quantitative estimate of drug-likeness (QED) is 0.282.